The van der Waals surface area contributed by atoms with Crippen molar-refractivity contribution in [2.75, 3.05) is 5.75 Å². The van der Waals surface area contributed by atoms with Crippen LogP contribution in [0, 0.1) is 11.8 Å². The SMILES string of the molecule is CCC(C)C(NC(=O)C(N)C(C)C)C(=O)NC(CS)C(=O)O. The van der Waals surface area contributed by atoms with E-state index in [9.17, 15) is 14.4 Å². The van der Waals surface area contributed by atoms with Crippen molar-refractivity contribution in [3.05, 3.63) is 0 Å². The van der Waals surface area contributed by atoms with Crippen LogP contribution in [0.2, 0.25) is 0 Å². The maximum absolute atomic E-state index is 12.3. The van der Waals surface area contributed by atoms with Gasteiger partial charge in [0.2, 0.25) is 11.8 Å². The van der Waals surface area contributed by atoms with Crippen LogP contribution in [0.3, 0.4) is 0 Å². The first kappa shape index (κ1) is 20.7. The van der Waals surface area contributed by atoms with Gasteiger partial charge in [-0.15, -0.1) is 0 Å². The lowest BCUT2D eigenvalue weighted by Crippen LogP contribution is -2.57. The van der Waals surface area contributed by atoms with E-state index in [-0.39, 0.29) is 17.6 Å². The van der Waals surface area contributed by atoms with Crippen LogP contribution in [0.5, 0.6) is 0 Å². The van der Waals surface area contributed by atoms with E-state index in [2.05, 4.69) is 23.3 Å². The molecule has 0 spiro atoms. The molecule has 5 N–H and O–H groups in total. The lowest BCUT2D eigenvalue weighted by Gasteiger charge is -2.27. The van der Waals surface area contributed by atoms with Gasteiger partial charge in [-0.2, -0.15) is 12.6 Å². The van der Waals surface area contributed by atoms with Gasteiger partial charge in [0.1, 0.15) is 12.1 Å². The highest BCUT2D eigenvalue weighted by Gasteiger charge is 2.31. The van der Waals surface area contributed by atoms with Gasteiger partial charge in [0, 0.05) is 5.75 Å². The first-order valence-electron chi connectivity index (χ1n) is 7.35. The number of nitrogens with one attached hydrogen (secondary N) is 2. The minimum atomic E-state index is -1.17. The third kappa shape index (κ3) is 6.23. The van der Waals surface area contributed by atoms with E-state index in [0.717, 1.165) is 0 Å². The second-order valence-corrected chi connectivity index (χ2v) is 6.09. The van der Waals surface area contributed by atoms with Crippen molar-refractivity contribution < 1.29 is 19.5 Å². The Morgan fingerprint density at radius 3 is 2.05 bits per heavy atom. The molecule has 7 nitrogen and oxygen atoms in total. The Morgan fingerprint density at radius 1 is 1.14 bits per heavy atom. The molecule has 128 valence electrons. The number of amides is 2. The van der Waals surface area contributed by atoms with Gasteiger partial charge in [-0.05, 0) is 11.8 Å². The highest BCUT2D eigenvalue weighted by Crippen LogP contribution is 2.10. The topological polar surface area (TPSA) is 122 Å². The molecule has 8 heteroatoms. The molecule has 22 heavy (non-hydrogen) atoms. The average Bonchev–Trinajstić information content (AvgIpc) is 2.47. The molecule has 4 atom stereocenters. The first-order chi connectivity index (χ1) is 10.1. The molecule has 0 aromatic heterocycles. The quantitative estimate of drug-likeness (QED) is 0.380. The minimum absolute atomic E-state index is 0.0340. The van der Waals surface area contributed by atoms with E-state index in [1.165, 1.54) is 0 Å². The normalized spacial score (nSPS) is 16.5. The van der Waals surface area contributed by atoms with Crippen LogP contribution in [0.4, 0.5) is 0 Å². The maximum Gasteiger partial charge on any atom is 0.327 e. The summed E-state index contributed by atoms with van der Waals surface area (Å²) in [5, 5.41) is 14.0. The summed E-state index contributed by atoms with van der Waals surface area (Å²) in [4.78, 5) is 35.3. The summed E-state index contributed by atoms with van der Waals surface area (Å²) in [6.07, 6.45) is 0.647. The third-order valence-electron chi connectivity index (χ3n) is 3.61. The second kappa shape index (κ2) is 9.68. The molecule has 0 aliphatic carbocycles. The largest absolute Gasteiger partial charge is 0.480 e. The van der Waals surface area contributed by atoms with E-state index in [0.29, 0.717) is 6.42 Å². The zero-order valence-corrected chi connectivity index (χ0v) is 14.4. The molecule has 0 bridgehead atoms. The van der Waals surface area contributed by atoms with Gasteiger partial charge in [-0.25, -0.2) is 4.79 Å². The summed E-state index contributed by atoms with van der Waals surface area (Å²) < 4.78 is 0. The molecule has 0 radical (unpaired) electrons. The average molecular weight is 333 g/mol. The van der Waals surface area contributed by atoms with Gasteiger partial charge in [0.05, 0.1) is 6.04 Å². The van der Waals surface area contributed by atoms with Crippen molar-refractivity contribution in [1.29, 1.82) is 0 Å². The summed E-state index contributed by atoms with van der Waals surface area (Å²) >= 11 is 3.90. The number of carboxylic acids is 1. The zero-order chi connectivity index (χ0) is 17.4. The summed E-state index contributed by atoms with van der Waals surface area (Å²) in [6, 6.07) is -2.65. The molecule has 0 fully saturated rings. The lowest BCUT2D eigenvalue weighted by molar-refractivity contribution is -0.141. The third-order valence-corrected chi connectivity index (χ3v) is 3.98. The Labute approximate surface area is 136 Å². The number of carbonyl (C=O) groups excluding carboxylic acids is 2. The van der Waals surface area contributed by atoms with Crippen LogP contribution in [0.25, 0.3) is 0 Å². The molecular weight excluding hydrogens is 306 g/mol. The molecule has 4 unspecified atom stereocenters. The van der Waals surface area contributed by atoms with Gasteiger partial charge in [-0.1, -0.05) is 34.1 Å². The van der Waals surface area contributed by atoms with Crippen LogP contribution in [-0.4, -0.2) is 46.8 Å². The Bertz CT molecular complexity index is 404. The Balaban J connectivity index is 5.02. The van der Waals surface area contributed by atoms with Gasteiger partial charge in [0.25, 0.3) is 0 Å². The number of hydrogen-bond acceptors (Lipinski definition) is 5. The second-order valence-electron chi connectivity index (χ2n) is 5.72. The number of hydrogen-bond donors (Lipinski definition) is 5. The van der Waals surface area contributed by atoms with Crippen molar-refractivity contribution >= 4 is 30.4 Å². The standard InChI is InChI=1S/C14H27N3O4S/c1-5-8(4)11(17-12(18)10(15)7(2)3)13(19)16-9(6-22)14(20)21/h7-11,22H,5-6,15H2,1-4H3,(H,16,19)(H,17,18)(H,20,21). The van der Waals surface area contributed by atoms with Crippen molar-refractivity contribution in [2.24, 2.45) is 17.6 Å². The lowest BCUT2D eigenvalue weighted by atomic mass is 9.96. The predicted octanol–water partition coefficient (Wildman–Crippen LogP) is -0.000200. The predicted molar refractivity (Wildman–Crippen MR) is 87.6 cm³/mol. The van der Waals surface area contributed by atoms with E-state index in [1.54, 1.807) is 0 Å². The number of carboxylic acid groups (broad SMARTS) is 1. The summed E-state index contributed by atoms with van der Waals surface area (Å²) in [7, 11) is 0. The van der Waals surface area contributed by atoms with Gasteiger partial charge in [-0.3, -0.25) is 9.59 Å². The number of aliphatic carboxylic acids is 1. The van der Waals surface area contributed by atoms with E-state index < -0.39 is 35.9 Å². The first-order valence-corrected chi connectivity index (χ1v) is 7.98. The fourth-order valence-corrected chi connectivity index (χ4v) is 1.95. The van der Waals surface area contributed by atoms with Crippen molar-refractivity contribution in [2.45, 2.75) is 52.2 Å². The van der Waals surface area contributed by atoms with Gasteiger partial charge in [0.15, 0.2) is 0 Å². The number of nitrogens with two attached hydrogens (primary N) is 1. The van der Waals surface area contributed by atoms with Gasteiger partial charge >= 0.3 is 5.97 Å². The number of rotatable bonds is 9. The van der Waals surface area contributed by atoms with E-state index >= 15 is 0 Å². The van der Waals surface area contributed by atoms with Crippen LogP contribution in [0.1, 0.15) is 34.1 Å². The molecule has 0 saturated heterocycles. The van der Waals surface area contributed by atoms with E-state index in [1.807, 2.05) is 27.7 Å². The maximum atomic E-state index is 12.3. The van der Waals surface area contributed by atoms with E-state index in [4.69, 9.17) is 10.8 Å². The highest BCUT2D eigenvalue weighted by atomic mass is 32.1. The Morgan fingerprint density at radius 2 is 1.68 bits per heavy atom. The Kier molecular flexibility index (Phi) is 9.12. The van der Waals surface area contributed by atoms with Crippen LogP contribution < -0.4 is 16.4 Å². The smallest absolute Gasteiger partial charge is 0.327 e. The molecule has 0 aliphatic heterocycles. The Hall–Kier alpha value is -1.28. The molecular formula is C14H27N3O4S. The summed E-state index contributed by atoms with van der Waals surface area (Å²) in [6.45, 7) is 7.31. The fraction of sp³-hybridized carbons (Fsp3) is 0.786. The van der Waals surface area contributed by atoms with Crippen molar-refractivity contribution in [1.82, 2.24) is 10.6 Å². The van der Waals surface area contributed by atoms with Crippen LogP contribution >= 0.6 is 12.6 Å². The number of thiol groups is 1. The highest BCUT2D eigenvalue weighted by molar-refractivity contribution is 7.80. The minimum Gasteiger partial charge on any atom is -0.480 e. The molecule has 2 amide bonds. The van der Waals surface area contributed by atoms with Crippen molar-refractivity contribution in [3.63, 3.8) is 0 Å². The molecule has 0 saturated carbocycles. The molecule has 0 heterocycles. The van der Waals surface area contributed by atoms with Gasteiger partial charge < -0.3 is 21.5 Å². The summed E-state index contributed by atoms with van der Waals surface area (Å²) in [5.41, 5.74) is 5.78. The summed E-state index contributed by atoms with van der Waals surface area (Å²) in [5.74, 6) is -2.39. The molecule has 0 aliphatic rings. The van der Waals surface area contributed by atoms with Crippen LogP contribution in [-0.2, 0) is 14.4 Å². The molecule has 0 rings (SSSR count). The number of carbonyl (C=O) groups is 3. The molecule has 0 aromatic carbocycles. The fourth-order valence-electron chi connectivity index (χ4n) is 1.70. The van der Waals surface area contributed by atoms with Crippen LogP contribution in [0.15, 0.2) is 0 Å². The van der Waals surface area contributed by atoms with Crippen molar-refractivity contribution in [3.8, 4) is 0 Å². The monoisotopic (exact) mass is 333 g/mol. The molecule has 0 aromatic rings. The zero-order valence-electron chi connectivity index (χ0n) is 13.5.